The highest BCUT2D eigenvalue weighted by molar-refractivity contribution is 5.87. The number of phenols is 1. The predicted molar refractivity (Wildman–Crippen MR) is 116 cm³/mol. The standard InChI is InChI=1S/C22H30O14/c1-32-12-6-10(2-4-11(12)26)3-5-15(27)34-20-17(29)14(8-24)35-22(20,9-25)36-21-19(31)18(30)16(28)13(7-23)33-21/h2-6,13-14,16-21,23-26,28-31H,7-9H2,1H3/b5-3+/t13-,14-,16-,17-,18+,19-,20+,21-,22+/m1/s1. The van der Waals surface area contributed by atoms with E-state index in [1.165, 1.54) is 31.4 Å². The number of carbonyl (C=O) groups excluding carboxylic acids is 1. The summed E-state index contributed by atoms with van der Waals surface area (Å²) in [6, 6.07) is 4.27. The zero-order chi connectivity index (χ0) is 26.6. The maximum Gasteiger partial charge on any atom is 0.331 e. The second kappa shape index (κ2) is 11.8. The van der Waals surface area contributed by atoms with Crippen LogP contribution in [-0.4, -0.2) is 129 Å². The molecule has 202 valence electrons. The molecule has 1 aromatic carbocycles. The van der Waals surface area contributed by atoms with Crippen molar-refractivity contribution in [3.05, 3.63) is 29.8 Å². The van der Waals surface area contributed by atoms with Gasteiger partial charge in [0.1, 0.15) is 43.2 Å². The average Bonchev–Trinajstić information content (AvgIpc) is 3.14. The first-order valence-electron chi connectivity index (χ1n) is 10.9. The molecule has 2 fully saturated rings. The molecule has 0 aromatic heterocycles. The number of aliphatic hydroxyl groups is 7. The molecule has 0 aliphatic carbocycles. The molecule has 2 aliphatic rings. The molecule has 0 bridgehead atoms. The smallest absolute Gasteiger partial charge is 0.331 e. The van der Waals surface area contributed by atoms with Crippen molar-refractivity contribution in [2.45, 2.75) is 54.8 Å². The van der Waals surface area contributed by atoms with Crippen molar-refractivity contribution >= 4 is 12.0 Å². The van der Waals surface area contributed by atoms with Crippen molar-refractivity contribution in [3.63, 3.8) is 0 Å². The van der Waals surface area contributed by atoms with E-state index in [4.69, 9.17) is 23.7 Å². The number of hydrogen-bond acceptors (Lipinski definition) is 14. The number of rotatable bonds is 9. The minimum atomic E-state index is -2.37. The third-order valence-electron chi connectivity index (χ3n) is 5.90. The van der Waals surface area contributed by atoms with E-state index in [2.05, 4.69) is 0 Å². The van der Waals surface area contributed by atoms with Gasteiger partial charge in [0.25, 0.3) is 0 Å². The maximum atomic E-state index is 12.5. The molecule has 9 atom stereocenters. The maximum absolute atomic E-state index is 12.5. The molecule has 2 heterocycles. The van der Waals surface area contributed by atoms with E-state index >= 15 is 0 Å². The lowest BCUT2D eigenvalue weighted by Gasteiger charge is -2.43. The quantitative estimate of drug-likeness (QED) is 0.118. The third-order valence-corrected chi connectivity index (χ3v) is 5.90. The fourth-order valence-corrected chi connectivity index (χ4v) is 3.90. The summed E-state index contributed by atoms with van der Waals surface area (Å²) in [7, 11) is 1.35. The van der Waals surface area contributed by atoms with Crippen LogP contribution in [0.1, 0.15) is 5.56 Å². The Kier molecular flexibility index (Phi) is 9.23. The lowest BCUT2D eigenvalue weighted by molar-refractivity contribution is -0.383. The van der Waals surface area contributed by atoms with Crippen LogP contribution in [0.2, 0.25) is 0 Å². The van der Waals surface area contributed by atoms with Gasteiger partial charge in [0.05, 0.1) is 20.3 Å². The van der Waals surface area contributed by atoms with E-state index in [9.17, 15) is 45.6 Å². The van der Waals surface area contributed by atoms with Gasteiger partial charge in [-0.1, -0.05) is 6.07 Å². The Morgan fingerprint density at radius 1 is 1.03 bits per heavy atom. The number of ether oxygens (including phenoxy) is 5. The van der Waals surface area contributed by atoms with Gasteiger partial charge in [-0.3, -0.25) is 0 Å². The highest BCUT2D eigenvalue weighted by Gasteiger charge is 2.60. The van der Waals surface area contributed by atoms with Crippen molar-refractivity contribution < 1.29 is 69.3 Å². The summed E-state index contributed by atoms with van der Waals surface area (Å²) in [5, 5.41) is 79.5. The summed E-state index contributed by atoms with van der Waals surface area (Å²) in [6.45, 7) is -2.59. The number of phenolic OH excluding ortho intramolecular Hbond substituents is 1. The van der Waals surface area contributed by atoms with Crippen LogP contribution in [-0.2, 0) is 23.7 Å². The minimum Gasteiger partial charge on any atom is -0.504 e. The summed E-state index contributed by atoms with van der Waals surface area (Å²) in [5.41, 5.74) is 0.448. The Balaban J connectivity index is 1.81. The first-order valence-corrected chi connectivity index (χ1v) is 10.9. The summed E-state index contributed by atoms with van der Waals surface area (Å²) in [6.07, 6.45) is -11.1. The van der Waals surface area contributed by atoms with Gasteiger partial charge in [0.15, 0.2) is 23.9 Å². The molecular formula is C22H30O14. The zero-order valence-electron chi connectivity index (χ0n) is 19.2. The van der Waals surface area contributed by atoms with Crippen molar-refractivity contribution in [3.8, 4) is 11.5 Å². The molecule has 1 aromatic rings. The van der Waals surface area contributed by atoms with Crippen LogP contribution >= 0.6 is 0 Å². The molecule has 0 amide bonds. The molecule has 14 nitrogen and oxygen atoms in total. The van der Waals surface area contributed by atoms with Crippen molar-refractivity contribution in [1.29, 1.82) is 0 Å². The molecule has 2 saturated heterocycles. The summed E-state index contributed by atoms with van der Waals surface area (Å²) < 4.78 is 26.5. The van der Waals surface area contributed by atoms with Gasteiger partial charge in [-0.15, -0.1) is 0 Å². The van der Waals surface area contributed by atoms with Gasteiger partial charge in [-0.25, -0.2) is 4.79 Å². The van der Waals surface area contributed by atoms with E-state index in [1.807, 2.05) is 0 Å². The van der Waals surface area contributed by atoms with Gasteiger partial charge >= 0.3 is 5.97 Å². The summed E-state index contributed by atoms with van der Waals surface area (Å²) >= 11 is 0. The van der Waals surface area contributed by atoms with Crippen LogP contribution in [0.5, 0.6) is 11.5 Å². The molecule has 0 saturated carbocycles. The molecule has 36 heavy (non-hydrogen) atoms. The molecule has 0 spiro atoms. The van der Waals surface area contributed by atoms with Crippen molar-refractivity contribution in [1.82, 2.24) is 0 Å². The Bertz CT molecular complexity index is 922. The number of methoxy groups -OCH3 is 1. The lowest BCUT2D eigenvalue weighted by atomic mass is 9.99. The average molecular weight is 518 g/mol. The van der Waals surface area contributed by atoms with E-state index in [0.29, 0.717) is 5.56 Å². The van der Waals surface area contributed by atoms with Gasteiger partial charge in [0, 0.05) is 6.08 Å². The second-order valence-corrected chi connectivity index (χ2v) is 8.24. The van der Waals surface area contributed by atoms with E-state index in [0.717, 1.165) is 6.08 Å². The Hall–Kier alpha value is -2.37. The normalized spacial score (nSPS) is 36.8. The monoisotopic (exact) mass is 518 g/mol. The first-order chi connectivity index (χ1) is 17.1. The first kappa shape index (κ1) is 28.2. The molecule has 8 N–H and O–H groups in total. The largest absolute Gasteiger partial charge is 0.504 e. The number of hydrogen-bond donors (Lipinski definition) is 8. The molecule has 0 radical (unpaired) electrons. The van der Waals surface area contributed by atoms with Gasteiger partial charge in [-0.05, 0) is 23.8 Å². The molecular weight excluding hydrogens is 488 g/mol. The molecule has 14 heteroatoms. The predicted octanol–water partition coefficient (Wildman–Crippen LogP) is -3.42. The van der Waals surface area contributed by atoms with Crippen LogP contribution in [0.3, 0.4) is 0 Å². The van der Waals surface area contributed by atoms with Gasteiger partial charge in [-0.2, -0.15) is 0 Å². The fourth-order valence-electron chi connectivity index (χ4n) is 3.90. The number of benzene rings is 1. The van der Waals surface area contributed by atoms with Crippen LogP contribution in [0.4, 0.5) is 0 Å². The highest BCUT2D eigenvalue weighted by Crippen LogP contribution is 2.38. The zero-order valence-corrected chi connectivity index (χ0v) is 19.2. The van der Waals surface area contributed by atoms with Crippen LogP contribution in [0.25, 0.3) is 6.08 Å². The van der Waals surface area contributed by atoms with E-state index in [1.54, 1.807) is 0 Å². The Morgan fingerprint density at radius 3 is 2.33 bits per heavy atom. The SMILES string of the molecule is COc1cc(/C=C/C(=O)O[C@H]2[C@H](O)[C@@H](CO)O[C@@]2(CO)O[C@H]2O[C@H](CO)[C@@H](O)[C@H](O)[C@H]2O)ccc1O. The lowest BCUT2D eigenvalue weighted by Crippen LogP contribution is -2.63. The van der Waals surface area contributed by atoms with E-state index in [-0.39, 0.29) is 11.5 Å². The second-order valence-electron chi connectivity index (χ2n) is 8.24. The molecule has 2 aliphatic heterocycles. The minimum absolute atomic E-state index is 0.114. The van der Waals surface area contributed by atoms with Gasteiger partial charge in [0.2, 0.25) is 5.79 Å². The summed E-state index contributed by atoms with van der Waals surface area (Å²) in [5.74, 6) is -3.35. The highest BCUT2D eigenvalue weighted by atomic mass is 16.8. The van der Waals surface area contributed by atoms with Gasteiger partial charge < -0.3 is 64.5 Å². The number of carbonyl (C=O) groups is 1. The third kappa shape index (κ3) is 5.63. The Morgan fingerprint density at radius 2 is 1.72 bits per heavy atom. The molecule has 3 rings (SSSR count). The van der Waals surface area contributed by atoms with Crippen LogP contribution < -0.4 is 4.74 Å². The number of aliphatic hydroxyl groups excluding tert-OH is 7. The van der Waals surface area contributed by atoms with Crippen molar-refractivity contribution in [2.24, 2.45) is 0 Å². The number of aromatic hydroxyl groups is 1. The summed E-state index contributed by atoms with van der Waals surface area (Å²) in [4.78, 5) is 12.5. The van der Waals surface area contributed by atoms with Crippen LogP contribution in [0, 0.1) is 0 Å². The van der Waals surface area contributed by atoms with E-state index < -0.39 is 80.6 Å². The van der Waals surface area contributed by atoms with Crippen LogP contribution in [0.15, 0.2) is 24.3 Å². The number of esters is 1. The fraction of sp³-hybridized carbons (Fsp3) is 0.591. The van der Waals surface area contributed by atoms with Crippen molar-refractivity contribution in [2.75, 3.05) is 26.9 Å². The molecule has 0 unspecified atom stereocenters. The topological polar surface area (TPSA) is 225 Å². The Labute approximate surface area is 205 Å².